The molecule has 0 radical (unpaired) electrons. The third-order valence-electron chi connectivity index (χ3n) is 12.6. The molecule has 8 aliphatic carbocycles. The van der Waals surface area contributed by atoms with Crippen molar-refractivity contribution in [3.05, 3.63) is 107 Å². The molecule has 0 unspecified atom stereocenters. The Balaban J connectivity index is 0.000000175. The second kappa shape index (κ2) is 12.8. The van der Waals surface area contributed by atoms with E-state index in [1.807, 2.05) is 30.3 Å². The van der Waals surface area contributed by atoms with Crippen molar-refractivity contribution in [1.82, 2.24) is 10.6 Å². The number of aliphatic carboxylic acids is 1. The number of carbonyl (C=O) groups is 4. The van der Waals surface area contributed by atoms with E-state index in [0.717, 1.165) is 50.5 Å². The average molecular weight is 709 g/mol. The van der Waals surface area contributed by atoms with Gasteiger partial charge in [0.2, 0.25) is 0 Å². The zero-order valence-corrected chi connectivity index (χ0v) is 30.5. The van der Waals surface area contributed by atoms with Gasteiger partial charge in [0.15, 0.2) is 0 Å². The van der Waals surface area contributed by atoms with E-state index in [0.29, 0.717) is 37.0 Å². The fourth-order valence-electron chi connectivity index (χ4n) is 9.52. The van der Waals surface area contributed by atoms with Gasteiger partial charge in [-0.25, -0.2) is 8.78 Å². The molecule has 262 valence electrons. The standard InChI is InChI=1S/C23H22FNO3.C16H16FNO3.Na.H2O/c24-18-8-6-17(7-9-18)19(26)25-23(10-11-23)22-13-21(14-22,15-22)20(27)28-12-16-4-2-1-3-5-16;17-11-3-1-10(2-4-11)12(19)18-16(5-6-16)15-7-14(8-15,9-15)13(20)21;;/h1-9H,10-15H2,(H,25,26);1-4H,5-9H2,(H,18,19)(H,20,21);;1H2/q;;+1;/p-1. The Morgan fingerprint density at radius 3 is 1.39 bits per heavy atom. The normalized spacial score (nSPS) is 29.8. The van der Waals surface area contributed by atoms with Gasteiger partial charge >= 0.3 is 41.5 Å². The quantitative estimate of drug-likeness (QED) is 0.216. The molecule has 4 N–H and O–H groups in total. The molecule has 3 aromatic carbocycles. The Morgan fingerprint density at radius 1 is 0.627 bits per heavy atom. The molecule has 0 aliphatic heterocycles. The number of halogens is 2. The Labute approximate surface area is 316 Å². The molecular formula is C39H39F2N2NaO7. The third-order valence-corrected chi connectivity index (χ3v) is 12.6. The van der Waals surface area contributed by atoms with Gasteiger partial charge in [-0.3, -0.25) is 19.2 Å². The van der Waals surface area contributed by atoms with Crippen LogP contribution in [-0.4, -0.2) is 45.4 Å². The summed E-state index contributed by atoms with van der Waals surface area (Å²) in [6, 6.07) is 20.8. The predicted octanol–water partition coefficient (Wildman–Crippen LogP) is 3.17. The summed E-state index contributed by atoms with van der Waals surface area (Å²) >= 11 is 0. The summed E-state index contributed by atoms with van der Waals surface area (Å²) < 4.78 is 31.5. The van der Waals surface area contributed by atoms with Gasteiger partial charge in [-0.1, -0.05) is 30.3 Å². The summed E-state index contributed by atoms with van der Waals surface area (Å²) in [5.74, 6) is -1.89. The number of esters is 1. The predicted molar refractivity (Wildman–Crippen MR) is 175 cm³/mol. The Morgan fingerprint density at radius 2 is 1.02 bits per heavy atom. The van der Waals surface area contributed by atoms with Gasteiger partial charge in [-0.15, -0.1) is 0 Å². The minimum absolute atomic E-state index is 0. The minimum Gasteiger partial charge on any atom is -0.870 e. The molecule has 2 amide bonds. The van der Waals surface area contributed by atoms with Crippen molar-refractivity contribution in [1.29, 1.82) is 0 Å². The van der Waals surface area contributed by atoms with Crippen LogP contribution in [0.5, 0.6) is 0 Å². The monoisotopic (exact) mass is 708 g/mol. The second-order valence-electron chi connectivity index (χ2n) is 15.6. The van der Waals surface area contributed by atoms with Crippen LogP contribution in [0.25, 0.3) is 0 Å². The zero-order valence-electron chi connectivity index (χ0n) is 28.5. The molecule has 3 aromatic rings. The number of benzene rings is 3. The van der Waals surface area contributed by atoms with E-state index in [4.69, 9.17) is 4.74 Å². The number of carboxylic acids is 1. The minimum atomic E-state index is -0.704. The maximum Gasteiger partial charge on any atom is 1.00 e. The van der Waals surface area contributed by atoms with Gasteiger partial charge in [0.05, 0.1) is 10.8 Å². The van der Waals surface area contributed by atoms with Crippen molar-refractivity contribution in [3.63, 3.8) is 0 Å². The van der Waals surface area contributed by atoms with Crippen LogP contribution >= 0.6 is 0 Å². The van der Waals surface area contributed by atoms with Crippen LogP contribution in [0, 0.1) is 33.3 Å². The van der Waals surface area contributed by atoms with Crippen LogP contribution in [0.1, 0.15) is 90.5 Å². The van der Waals surface area contributed by atoms with Gasteiger partial charge in [0, 0.05) is 22.2 Å². The molecule has 8 fully saturated rings. The zero-order chi connectivity index (χ0) is 34.3. The first-order valence-corrected chi connectivity index (χ1v) is 17.0. The Bertz CT molecular complexity index is 1820. The number of carbonyl (C=O) groups excluding carboxylic acids is 3. The van der Waals surface area contributed by atoms with E-state index in [1.165, 1.54) is 48.5 Å². The number of carboxylic acid groups (broad SMARTS) is 1. The summed E-state index contributed by atoms with van der Waals surface area (Å²) in [5.41, 5.74) is 0.604. The summed E-state index contributed by atoms with van der Waals surface area (Å²) in [7, 11) is 0. The van der Waals surface area contributed by atoms with Crippen molar-refractivity contribution < 1.29 is 72.8 Å². The van der Waals surface area contributed by atoms with Gasteiger partial charge in [0.25, 0.3) is 11.8 Å². The van der Waals surface area contributed by atoms with Crippen LogP contribution in [-0.2, 0) is 20.9 Å². The molecule has 51 heavy (non-hydrogen) atoms. The van der Waals surface area contributed by atoms with Gasteiger partial charge in [-0.2, -0.15) is 0 Å². The van der Waals surface area contributed by atoms with Crippen molar-refractivity contribution in [3.8, 4) is 0 Å². The van der Waals surface area contributed by atoms with Crippen LogP contribution in [0.2, 0.25) is 0 Å². The topological polar surface area (TPSA) is 152 Å². The maximum absolute atomic E-state index is 13.1. The summed E-state index contributed by atoms with van der Waals surface area (Å²) in [5, 5.41) is 15.5. The molecule has 0 saturated heterocycles. The molecule has 8 aliphatic rings. The Kier molecular flexibility index (Phi) is 9.31. The van der Waals surface area contributed by atoms with Crippen LogP contribution in [0.15, 0.2) is 78.9 Å². The molecule has 0 atom stereocenters. The molecule has 0 heterocycles. The van der Waals surface area contributed by atoms with Crippen molar-refractivity contribution >= 4 is 23.8 Å². The van der Waals surface area contributed by atoms with E-state index in [2.05, 4.69) is 10.6 Å². The number of ether oxygens (including phenoxy) is 1. The second-order valence-corrected chi connectivity index (χ2v) is 15.6. The van der Waals surface area contributed by atoms with Crippen LogP contribution in [0.3, 0.4) is 0 Å². The number of hydrogen-bond donors (Lipinski definition) is 3. The molecule has 12 heteroatoms. The number of nitrogens with one attached hydrogen (secondary N) is 2. The van der Waals surface area contributed by atoms with E-state index in [9.17, 15) is 33.1 Å². The SMILES string of the molecule is O=C(NC1(C23CC(C(=O)O)(C2)C3)CC1)c1ccc(F)cc1.O=C(NC1(C23CC(C(=O)OCc4ccccc4)(C2)C3)CC1)c1ccc(F)cc1.[Na+].[OH-]. The fourth-order valence-corrected chi connectivity index (χ4v) is 9.52. The Hall–Kier alpha value is -3.64. The van der Waals surface area contributed by atoms with Gasteiger partial charge in [0.1, 0.15) is 18.2 Å². The molecular weight excluding hydrogens is 669 g/mol. The summed E-state index contributed by atoms with van der Waals surface area (Å²) in [6.07, 6.45) is 8.11. The fraction of sp³-hybridized carbons (Fsp3) is 0.436. The molecule has 8 saturated carbocycles. The first-order valence-electron chi connectivity index (χ1n) is 17.0. The maximum atomic E-state index is 13.1. The molecule has 0 aromatic heterocycles. The van der Waals surface area contributed by atoms with E-state index in [1.54, 1.807) is 0 Å². The molecule has 11 rings (SSSR count). The third kappa shape index (κ3) is 5.99. The number of hydrogen-bond acceptors (Lipinski definition) is 6. The largest absolute Gasteiger partial charge is 1.00 e. The van der Waals surface area contributed by atoms with E-state index in [-0.39, 0.29) is 91.8 Å². The van der Waals surface area contributed by atoms with Crippen LogP contribution < -0.4 is 40.2 Å². The van der Waals surface area contributed by atoms with Gasteiger partial charge < -0.3 is 26.0 Å². The molecule has 4 bridgehead atoms. The molecule has 0 spiro atoms. The van der Waals surface area contributed by atoms with Crippen molar-refractivity contribution in [2.75, 3.05) is 0 Å². The van der Waals surface area contributed by atoms with Crippen molar-refractivity contribution in [2.45, 2.75) is 81.9 Å². The van der Waals surface area contributed by atoms with E-state index < -0.39 is 11.4 Å². The van der Waals surface area contributed by atoms with Crippen molar-refractivity contribution in [2.24, 2.45) is 21.7 Å². The smallest absolute Gasteiger partial charge is 0.870 e. The first kappa shape index (κ1) is 37.1. The van der Waals surface area contributed by atoms with E-state index >= 15 is 0 Å². The summed E-state index contributed by atoms with van der Waals surface area (Å²) in [6.45, 7) is 0.306. The summed E-state index contributed by atoms with van der Waals surface area (Å²) in [4.78, 5) is 48.6. The van der Waals surface area contributed by atoms with Gasteiger partial charge in [-0.05, 0) is 129 Å². The first-order chi connectivity index (χ1) is 23.4. The number of rotatable bonds is 10. The number of amides is 2. The average Bonchev–Trinajstić information content (AvgIpc) is 3.93. The van der Waals surface area contributed by atoms with Crippen LogP contribution in [0.4, 0.5) is 8.78 Å². The molecule has 9 nitrogen and oxygen atoms in total.